The van der Waals surface area contributed by atoms with Crippen LogP contribution in [0.25, 0.3) is 0 Å². The number of fused-ring (bicyclic) bond motifs is 1. The first-order valence-corrected chi connectivity index (χ1v) is 7.63. The number of carbonyl (C=O) groups is 3. The topological polar surface area (TPSA) is 94.4 Å². The molecule has 0 unspecified atom stereocenters. The second kappa shape index (κ2) is 5.26. The summed E-state index contributed by atoms with van der Waals surface area (Å²) in [6, 6.07) is 6.34. The molecular weight excluding hydrogens is 312 g/mol. The van der Waals surface area contributed by atoms with E-state index in [9.17, 15) is 14.4 Å². The van der Waals surface area contributed by atoms with Gasteiger partial charge in [0.1, 0.15) is 12.2 Å². The third-order valence-electron chi connectivity index (χ3n) is 4.06. The molecule has 1 aromatic heterocycles. The molecule has 1 aliphatic heterocycles. The highest BCUT2D eigenvalue weighted by molar-refractivity contribution is 6.20. The van der Waals surface area contributed by atoms with Crippen molar-refractivity contribution in [2.75, 3.05) is 0 Å². The lowest BCUT2D eigenvalue weighted by Crippen LogP contribution is -2.33. The molecule has 122 valence electrons. The summed E-state index contributed by atoms with van der Waals surface area (Å²) in [5.74, 6) is -0.472. The highest BCUT2D eigenvalue weighted by Gasteiger charge is 2.38. The lowest BCUT2D eigenvalue weighted by atomic mass is 10.1. The molecule has 1 aromatic carbocycles. The van der Waals surface area contributed by atoms with Crippen LogP contribution in [0.3, 0.4) is 0 Å². The fourth-order valence-corrected chi connectivity index (χ4v) is 2.62. The SMILES string of the molecule is Cn1nc(C2CC2)nc1CC(=O)ON1C(=O)c2ccccc2C1=O. The van der Waals surface area contributed by atoms with E-state index in [1.165, 1.54) is 16.8 Å². The molecule has 0 saturated heterocycles. The summed E-state index contributed by atoms with van der Waals surface area (Å²) in [5.41, 5.74) is 0.454. The molecule has 0 bridgehead atoms. The quantitative estimate of drug-likeness (QED) is 0.778. The highest BCUT2D eigenvalue weighted by atomic mass is 16.7. The van der Waals surface area contributed by atoms with Crippen molar-refractivity contribution in [3.63, 3.8) is 0 Å². The third kappa shape index (κ3) is 2.36. The second-order valence-corrected chi connectivity index (χ2v) is 5.87. The number of amides is 2. The zero-order chi connectivity index (χ0) is 16.8. The van der Waals surface area contributed by atoms with Gasteiger partial charge in [-0.25, -0.2) is 9.78 Å². The van der Waals surface area contributed by atoms with E-state index in [2.05, 4.69) is 10.1 Å². The monoisotopic (exact) mass is 326 g/mol. The fraction of sp³-hybridized carbons (Fsp3) is 0.312. The van der Waals surface area contributed by atoms with Gasteiger partial charge in [0.05, 0.1) is 11.1 Å². The van der Waals surface area contributed by atoms with Gasteiger partial charge in [-0.1, -0.05) is 17.2 Å². The van der Waals surface area contributed by atoms with Crippen LogP contribution in [0.1, 0.15) is 51.1 Å². The van der Waals surface area contributed by atoms with Crippen molar-refractivity contribution in [3.8, 4) is 0 Å². The van der Waals surface area contributed by atoms with Gasteiger partial charge in [-0.15, -0.1) is 0 Å². The number of aryl methyl sites for hydroxylation is 1. The van der Waals surface area contributed by atoms with Gasteiger partial charge < -0.3 is 4.84 Å². The van der Waals surface area contributed by atoms with Crippen molar-refractivity contribution in [3.05, 3.63) is 47.0 Å². The Morgan fingerprint density at radius 3 is 2.42 bits per heavy atom. The van der Waals surface area contributed by atoms with Crippen molar-refractivity contribution in [1.29, 1.82) is 0 Å². The standard InChI is InChI=1S/C16H14N4O4/c1-19-12(17-14(18-19)9-6-7-9)8-13(21)24-20-15(22)10-4-2-3-5-11(10)16(20)23/h2-5,9H,6-8H2,1H3. The minimum Gasteiger partial charge on any atom is -0.329 e. The van der Waals surface area contributed by atoms with Crippen molar-refractivity contribution >= 4 is 17.8 Å². The van der Waals surface area contributed by atoms with Crippen LogP contribution in [0.4, 0.5) is 0 Å². The number of hydrogen-bond donors (Lipinski definition) is 0. The van der Waals surface area contributed by atoms with Crippen LogP contribution in [0, 0.1) is 0 Å². The van der Waals surface area contributed by atoms with E-state index in [1.807, 2.05) is 0 Å². The van der Waals surface area contributed by atoms with Gasteiger partial charge >= 0.3 is 5.97 Å². The van der Waals surface area contributed by atoms with Crippen LogP contribution < -0.4 is 0 Å². The van der Waals surface area contributed by atoms with Gasteiger partial charge in [0, 0.05) is 13.0 Å². The van der Waals surface area contributed by atoms with Gasteiger partial charge in [0.25, 0.3) is 11.8 Å². The Balaban J connectivity index is 1.47. The minimum absolute atomic E-state index is 0.163. The normalized spacial score (nSPS) is 16.5. The zero-order valence-electron chi connectivity index (χ0n) is 12.9. The molecule has 1 aliphatic carbocycles. The number of carbonyl (C=O) groups excluding carboxylic acids is 3. The number of hydroxylamine groups is 2. The third-order valence-corrected chi connectivity index (χ3v) is 4.06. The first-order valence-electron chi connectivity index (χ1n) is 7.63. The molecule has 2 heterocycles. The number of benzene rings is 1. The Labute approximate surface area is 137 Å². The maximum absolute atomic E-state index is 12.2. The number of rotatable bonds is 4. The maximum Gasteiger partial charge on any atom is 0.340 e. The van der Waals surface area contributed by atoms with Gasteiger partial charge in [0.15, 0.2) is 5.82 Å². The van der Waals surface area contributed by atoms with E-state index in [0.717, 1.165) is 18.7 Å². The molecule has 2 amide bonds. The minimum atomic E-state index is -0.734. The molecule has 1 saturated carbocycles. The summed E-state index contributed by atoms with van der Waals surface area (Å²) in [6.07, 6.45) is 1.95. The molecule has 8 heteroatoms. The molecule has 0 atom stereocenters. The second-order valence-electron chi connectivity index (χ2n) is 5.87. The van der Waals surface area contributed by atoms with Crippen molar-refractivity contribution < 1.29 is 19.2 Å². The van der Waals surface area contributed by atoms with Gasteiger partial charge in [-0.3, -0.25) is 14.3 Å². The average Bonchev–Trinajstić information content (AvgIpc) is 3.32. The van der Waals surface area contributed by atoms with Gasteiger partial charge in [0.2, 0.25) is 0 Å². The summed E-state index contributed by atoms with van der Waals surface area (Å²) in [4.78, 5) is 45.7. The van der Waals surface area contributed by atoms with E-state index in [1.54, 1.807) is 19.2 Å². The first kappa shape index (κ1) is 14.6. The van der Waals surface area contributed by atoms with Crippen molar-refractivity contribution in [2.45, 2.75) is 25.2 Å². The summed E-state index contributed by atoms with van der Waals surface area (Å²) < 4.78 is 1.53. The van der Waals surface area contributed by atoms with Gasteiger partial charge in [-0.2, -0.15) is 5.10 Å². The predicted molar refractivity (Wildman–Crippen MR) is 79.7 cm³/mol. The number of imide groups is 1. The molecule has 0 radical (unpaired) electrons. The van der Waals surface area contributed by atoms with Crippen molar-refractivity contribution in [1.82, 2.24) is 19.8 Å². The highest BCUT2D eigenvalue weighted by Crippen LogP contribution is 2.38. The van der Waals surface area contributed by atoms with E-state index < -0.39 is 17.8 Å². The number of aromatic nitrogens is 3. The lowest BCUT2D eigenvalue weighted by Gasteiger charge is -2.12. The lowest BCUT2D eigenvalue weighted by molar-refractivity contribution is -0.167. The first-order chi connectivity index (χ1) is 11.5. The summed E-state index contributed by atoms with van der Waals surface area (Å²) in [6.45, 7) is 0. The number of nitrogens with zero attached hydrogens (tertiary/aromatic N) is 4. The molecular formula is C16H14N4O4. The Morgan fingerprint density at radius 2 is 1.83 bits per heavy atom. The Bertz CT molecular complexity index is 834. The maximum atomic E-state index is 12.2. The molecule has 8 nitrogen and oxygen atoms in total. The average molecular weight is 326 g/mol. The van der Waals surface area contributed by atoms with Crippen LogP contribution in [0.2, 0.25) is 0 Å². The van der Waals surface area contributed by atoms with E-state index in [0.29, 0.717) is 16.8 Å². The van der Waals surface area contributed by atoms with Crippen molar-refractivity contribution in [2.24, 2.45) is 7.05 Å². The molecule has 4 rings (SSSR count). The van der Waals surface area contributed by atoms with Crippen LogP contribution in [-0.4, -0.2) is 37.6 Å². The summed E-state index contributed by atoms with van der Waals surface area (Å²) in [5, 5.41) is 4.78. The number of hydrogen-bond acceptors (Lipinski definition) is 6. The van der Waals surface area contributed by atoms with E-state index in [-0.39, 0.29) is 17.5 Å². The van der Waals surface area contributed by atoms with Crippen LogP contribution in [-0.2, 0) is 23.1 Å². The Morgan fingerprint density at radius 1 is 1.21 bits per heavy atom. The zero-order valence-corrected chi connectivity index (χ0v) is 12.9. The van der Waals surface area contributed by atoms with Gasteiger partial charge in [-0.05, 0) is 25.0 Å². The van der Waals surface area contributed by atoms with Crippen LogP contribution in [0.5, 0.6) is 0 Å². The molecule has 1 fully saturated rings. The largest absolute Gasteiger partial charge is 0.340 e. The van der Waals surface area contributed by atoms with E-state index >= 15 is 0 Å². The van der Waals surface area contributed by atoms with Crippen LogP contribution >= 0.6 is 0 Å². The Kier molecular flexibility index (Phi) is 3.19. The van der Waals surface area contributed by atoms with Crippen LogP contribution in [0.15, 0.2) is 24.3 Å². The smallest absolute Gasteiger partial charge is 0.329 e. The predicted octanol–water partition coefficient (Wildman–Crippen LogP) is 0.989. The molecule has 0 N–H and O–H groups in total. The molecule has 0 spiro atoms. The molecule has 2 aliphatic rings. The van der Waals surface area contributed by atoms with E-state index in [4.69, 9.17) is 4.84 Å². The molecule has 24 heavy (non-hydrogen) atoms. The Hall–Kier alpha value is -3.03. The summed E-state index contributed by atoms with van der Waals surface area (Å²) >= 11 is 0. The molecule has 2 aromatic rings. The fourth-order valence-electron chi connectivity index (χ4n) is 2.62. The summed E-state index contributed by atoms with van der Waals surface area (Å²) in [7, 11) is 1.70.